The fourth-order valence-corrected chi connectivity index (χ4v) is 3.33. The predicted molar refractivity (Wildman–Crippen MR) is 127 cm³/mol. The normalized spacial score (nSPS) is 10.7. The third-order valence-corrected chi connectivity index (χ3v) is 4.93. The van der Waals surface area contributed by atoms with E-state index in [9.17, 15) is 4.79 Å². The van der Waals surface area contributed by atoms with Crippen molar-refractivity contribution in [2.75, 3.05) is 10.6 Å². The number of urea groups is 1. The second-order valence-corrected chi connectivity index (χ2v) is 7.34. The highest BCUT2D eigenvalue weighted by molar-refractivity contribution is 6.00. The molecule has 0 fully saturated rings. The number of amides is 2. The van der Waals surface area contributed by atoms with Crippen molar-refractivity contribution in [1.29, 1.82) is 0 Å². The lowest BCUT2D eigenvalue weighted by Gasteiger charge is -2.10. The molecule has 0 aliphatic rings. The minimum atomic E-state index is -0.345. The van der Waals surface area contributed by atoms with E-state index in [2.05, 4.69) is 25.9 Å². The van der Waals surface area contributed by atoms with Crippen LogP contribution >= 0.6 is 0 Å². The number of aromatic nitrogens is 4. The van der Waals surface area contributed by atoms with Gasteiger partial charge in [-0.1, -0.05) is 30.3 Å². The van der Waals surface area contributed by atoms with Crippen LogP contribution in [-0.4, -0.2) is 25.8 Å². The van der Waals surface area contributed by atoms with Gasteiger partial charge >= 0.3 is 6.03 Å². The first-order valence-electron chi connectivity index (χ1n) is 10.3. The maximum Gasteiger partial charge on any atom is 0.323 e. The van der Waals surface area contributed by atoms with Crippen LogP contribution in [0.25, 0.3) is 16.9 Å². The molecule has 0 atom stereocenters. The quantitative estimate of drug-likeness (QED) is 0.377. The Morgan fingerprint density at radius 3 is 2.36 bits per heavy atom. The molecule has 0 aliphatic carbocycles. The summed E-state index contributed by atoms with van der Waals surface area (Å²) < 4.78 is 7.46. The zero-order valence-corrected chi connectivity index (χ0v) is 17.8. The van der Waals surface area contributed by atoms with Crippen LogP contribution < -0.4 is 15.4 Å². The molecule has 0 aliphatic heterocycles. The van der Waals surface area contributed by atoms with Crippen LogP contribution in [0.2, 0.25) is 0 Å². The smallest absolute Gasteiger partial charge is 0.323 e. The van der Waals surface area contributed by atoms with E-state index in [4.69, 9.17) is 4.74 Å². The number of anilines is 2. The van der Waals surface area contributed by atoms with E-state index in [1.54, 1.807) is 28.8 Å². The zero-order valence-electron chi connectivity index (χ0n) is 17.8. The fraction of sp³-hybridized carbons (Fsp3) is 0.0400. The third kappa shape index (κ3) is 4.64. The molecule has 0 spiro atoms. The van der Waals surface area contributed by atoms with Gasteiger partial charge in [0, 0.05) is 16.9 Å². The first-order valence-corrected chi connectivity index (χ1v) is 10.3. The van der Waals surface area contributed by atoms with E-state index in [0.717, 1.165) is 17.0 Å². The van der Waals surface area contributed by atoms with Gasteiger partial charge in [-0.3, -0.25) is 0 Å². The lowest BCUT2D eigenvalue weighted by Crippen LogP contribution is -2.19. The van der Waals surface area contributed by atoms with Crippen molar-refractivity contribution < 1.29 is 9.53 Å². The van der Waals surface area contributed by atoms with Crippen LogP contribution in [0.4, 0.5) is 16.2 Å². The summed E-state index contributed by atoms with van der Waals surface area (Å²) >= 11 is 0. The minimum absolute atomic E-state index is 0.345. The molecule has 3 aromatic carbocycles. The first-order chi connectivity index (χ1) is 16.1. The molecule has 0 saturated carbocycles. The van der Waals surface area contributed by atoms with Crippen LogP contribution in [0.5, 0.6) is 11.5 Å². The number of nitrogens with one attached hydrogen (secondary N) is 2. The molecule has 2 N–H and O–H groups in total. The summed E-state index contributed by atoms with van der Waals surface area (Å²) in [5.74, 6) is 2.15. The number of ether oxygens (including phenoxy) is 1. The number of aryl methyl sites for hydroxylation is 1. The number of para-hydroxylation sites is 1. The molecule has 5 rings (SSSR count). The second-order valence-electron chi connectivity index (χ2n) is 7.34. The summed E-state index contributed by atoms with van der Waals surface area (Å²) in [6, 6.07) is 27.6. The molecular weight excluding hydrogens is 416 g/mol. The highest BCUT2D eigenvalue weighted by atomic mass is 16.5. The summed E-state index contributed by atoms with van der Waals surface area (Å²) in [6.07, 6.45) is 0. The van der Waals surface area contributed by atoms with Gasteiger partial charge in [0.1, 0.15) is 11.5 Å². The van der Waals surface area contributed by atoms with E-state index in [1.165, 1.54) is 0 Å². The Morgan fingerprint density at radius 1 is 0.788 bits per heavy atom. The predicted octanol–water partition coefficient (Wildman–Crippen LogP) is 5.54. The van der Waals surface area contributed by atoms with Gasteiger partial charge in [-0.25, -0.2) is 4.79 Å². The SMILES string of the molecule is Cc1nnc2ccc(-c3cccc(NC(=O)Nc4ccc(Oc5ccccc5)cc4)c3)nn12. The summed E-state index contributed by atoms with van der Waals surface area (Å²) in [5, 5.41) is 18.4. The summed E-state index contributed by atoms with van der Waals surface area (Å²) in [7, 11) is 0. The summed E-state index contributed by atoms with van der Waals surface area (Å²) in [5.41, 5.74) is 3.61. The van der Waals surface area contributed by atoms with Gasteiger partial charge in [0.15, 0.2) is 11.5 Å². The topological polar surface area (TPSA) is 93.4 Å². The maximum atomic E-state index is 12.5. The molecule has 8 nitrogen and oxygen atoms in total. The number of carbonyl (C=O) groups excluding carboxylic acids is 1. The Labute approximate surface area is 189 Å². The molecule has 2 amide bonds. The number of rotatable bonds is 5. The Kier molecular flexibility index (Phi) is 5.38. The molecule has 162 valence electrons. The number of carbonyl (C=O) groups is 1. The third-order valence-electron chi connectivity index (χ3n) is 4.93. The van der Waals surface area contributed by atoms with Gasteiger partial charge in [0.25, 0.3) is 0 Å². The van der Waals surface area contributed by atoms with Crippen molar-refractivity contribution in [3.05, 3.63) is 96.8 Å². The van der Waals surface area contributed by atoms with Gasteiger partial charge in [-0.2, -0.15) is 9.61 Å². The van der Waals surface area contributed by atoms with Crippen molar-refractivity contribution in [3.8, 4) is 22.8 Å². The number of hydrogen-bond donors (Lipinski definition) is 2. The van der Waals surface area contributed by atoms with E-state index in [1.807, 2.05) is 73.7 Å². The van der Waals surface area contributed by atoms with E-state index < -0.39 is 0 Å². The van der Waals surface area contributed by atoms with Crippen molar-refractivity contribution >= 4 is 23.1 Å². The van der Waals surface area contributed by atoms with E-state index in [0.29, 0.717) is 28.6 Å². The van der Waals surface area contributed by atoms with Crippen LogP contribution in [0, 0.1) is 6.92 Å². The van der Waals surface area contributed by atoms with Crippen LogP contribution in [0.1, 0.15) is 5.82 Å². The van der Waals surface area contributed by atoms with Crippen LogP contribution in [0.3, 0.4) is 0 Å². The first kappa shape index (κ1) is 20.2. The number of fused-ring (bicyclic) bond motifs is 1. The largest absolute Gasteiger partial charge is 0.457 e. The molecule has 5 aromatic rings. The minimum Gasteiger partial charge on any atom is -0.457 e. The number of benzene rings is 3. The second kappa shape index (κ2) is 8.80. The molecule has 33 heavy (non-hydrogen) atoms. The zero-order chi connectivity index (χ0) is 22.6. The molecular formula is C25H20N6O2. The fourth-order valence-electron chi connectivity index (χ4n) is 3.33. The molecule has 0 bridgehead atoms. The Morgan fingerprint density at radius 2 is 1.55 bits per heavy atom. The number of hydrogen-bond acceptors (Lipinski definition) is 5. The average Bonchev–Trinajstić information content (AvgIpc) is 3.21. The highest BCUT2D eigenvalue weighted by Crippen LogP contribution is 2.24. The monoisotopic (exact) mass is 436 g/mol. The standard InChI is InChI=1S/C25H20N6O2/c1-17-28-29-24-15-14-23(30-31(17)24)18-6-5-7-20(16-18)27-25(32)26-19-10-12-22(13-11-19)33-21-8-3-2-4-9-21/h2-16H,1H3,(H2,26,27,32). The maximum absolute atomic E-state index is 12.5. The lowest BCUT2D eigenvalue weighted by atomic mass is 10.1. The van der Waals surface area contributed by atoms with Crippen molar-refractivity contribution in [2.24, 2.45) is 0 Å². The highest BCUT2D eigenvalue weighted by Gasteiger charge is 2.08. The van der Waals surface area contributed by atoms with Gasteiger partial charge in [0.2, 0.25) is 0 Å². The number of nitrogens with zero attached hydrogens (tertiary/aromatic N) is 4. The molecule has 2 heterocycles. The Bertz CT molecular complexity index is 1410. The summed E-state index contributed by atoms with van der Waals surface area (Å²) in [6.45, 7) is 1.85. The molecule has 0 unspecified atom stereocenters. The molecule has 8 heteroatoms. The Hall–Kier alpha value is -4.72. The molecule has 0 radical (unpaired) electrons. The van der Waals surface area contributed by atoms with Gasteiger partial charge in [0.05, 0.1) is 5.69 Å². The van der Waals surface area contributed by atoms with Gasteiger partial charge in [-0.05, 0) is 67.6 Å². The van der Waals surface area contributed by atoms with E-state index >= 15 is 0 Å². The Balaban J connectivity index is 1.25. The van der Waals surface area contributed by atoms with Crippen LogP contribution in [-0.2, 0) is 0 Å². The van der Waals surface area contributed by atoms with Crippen molar-refractivity contribution in [2.45, 2.75) is 6.92 Å². The average molecular weight is 436 g/mol. The van der Waals surface area contributed by atoms with Crippen molar-refractivity contribution in [3.63, 3.8) is 0 Å². The lowest BCUT2D eigenvalue weighted by molar-refractivity contribution is 0.262. The van der Waals surface area contributed by atoms with Gasteiger partial charge < -0.3 is 15.4 Å². The van der Waals surface area contributed by atoms with Gasteiger partial charge in [-0.15, -0.1) is 10.2 Å². The molecule has 2 aromatic heterocycles. The summed E-state index contributed by atoms with van der Waals surface area (Å²) in [4.78, 5) is 12.5. The molecule has 0 saturated heterocycles. The van der Waals surface area contributed by atoms with E-state index in [-0.39, 0.29) is 6.03 Å². The van der Waals surface area contributed by atoms with Crippen LogP contribution in [0.15, 0.2) is 91.0 Å². The van der Waals surface area contributed by atoms with Crippen molar-refractivity contribution in [1.82, 2.24) is 19.8 Å².